The molecule has 0 bridgehead atoms. The molecule has 0 fully saturated rings. The third-order valence-electron chi connectivity index (χ3n) is 2.29. The summed E-state index contributed by atoms with van der Waals surface area (Å²) in [5, 5.41) is 9.49. The molecule has 0 radical (unpaired) electrons. The van der Waals surface area contributed by atoms with E-state index in [0.29, 0.717) is 5.92 Å². The van der Waals surface area contributed by atoms with Crippen LogP contribution in [-0.4, -0.2) is 10.1 Å². The minimum atomic E-state index is -0.332. The summed E-state index contributed by atoms with van der Waals surface area (Å²) in [4.78, 5) is 4.14. The molecule has 1 aromatic heterocycles. The summed E-state index contributed by atoms with van der Waals surface area (Å²) in [6, 6.07) is 3.97. The first-order chi connectivity index (χ1) is 5.29. The van der Waals surface area contributed by atoms with Crippen LogP contribution in [0.5, 0.6) is 0 Å². The van der Waals surface area contributed by atoms with Crippen molar-refractivity contribution in [1.29, 1.82) is 0 Å². The Morgan fingerprint density at radius 1 is 1.64 bits per heavy atom. The molecule has 2 unspecified atom stereocenters. The van der Waals surface area contributed by atoms with Crippen molar-refractivity contribution in [3.63, 3.8) is 0 Å². The number of rotatable bonds is 0. The molecule has 0 aliphatic heterocycles. The summed E-state index contributed by atoms with van der Waals surface area (Å²) in [5.41, 5.74) is 2.08. The van der Waals surface area contributed by atoms with Gasteiger partial charge in [-0.25, -0.2) is 0 Å². The Balaban J connectivity index is 2.52. The number of aliphatic hydroxyl groups excluding tert-OH is 1. The minimum absolute atomic E-state index is 0.332. The number of aromatic nitrogens is 1. The normalized spacial score (nSPS) is 28.5. The second kappa shape index (κ2) is 2.31. The van der Waals surface area contributed by atoms with E-state index in [2.05, 4.69) is 11.9 Å². The summed E-state index contributed by atoms with van der Waals surface area (Å²) in [7, 11) is 0. The molecule has 2 rings (SSSR count). The Labute approximate surface area is 65.9 Å². The molecule has 1 N–H and O–H groups in total. The predicted octanol–water partition coefficient (Wildman–Crippen LogP) is 1.62. The second-order valence-electron chi connectivity index (χ2n) is 3.13. The van der Waals surface area contributed by atoms with Crippen LogP contribution in [0.15, 0.2) is 18.3 Å². The van der Waals surface area contributed by atoms with Gasteiger partial charge in [0.2, 0.25) is 0 Å². The van der Waals surface area contributed by atoms with Gasteiger partial charge in [0.25, 0.3) is 0 Å². The highest BCUT2D eigenvalue weighted by Gasteiger charge is 2.26. The zero-order valence-corrected chi connectivity index (χ0v) is 6.49. The SMILES string of the molecule is CC1CC(O)c2ncccc21. The van der Waals surface area contributed by atoms with Crippen LogP contribution in [0.25, 0.3) is 0 Å². The largest absolute Gasteiger partial charge is 0.387 e. The van der Waals surface area contributed by atoms with Crippen LogP contribution in [0.3, 0.4) is 0 Å². The fourth-order valence-electron chi connectivity index (χ4n) is 1.70. The maximum absolute atomic E-state index is 9.49. The summed E-state index contributed by atoms with van der Waals surface area (Å²) in [5.74, 6) is 0.466. The lowest BCUT2D eigenvalue weighted by Crippen LogP contribution is -1.92. The Morgan fingerprint density at radius 3 is 3.18 bits per heavy atom. The molecule has 0 saturated heterocycles. The molecular weight excluding hydrogens is 138 g/mol. The second-order valence-corrected chi connectivity index (χ2v) is 3.13. The van der Waals surface area contributed by atoms with E-state index in [4.69, 9.17) is 0 Å². The van der Waals surface area contributed by atoms with Gasteiger partial charge >= 0.3 is 0 Å². The highest BCUT2D eigenvalue weighted by molar-refractivity contribution is 5.30. The van der Waals surface area contributed by atoms with Crippen molar-refractivity contribution in [3.05, 3.63) is 29.6 Å². The van der Waals surface area contributed by atoms with Gasteiger partial charge < -0.3 is 5.11 Å². The molecule has 58 valence electrons. The third kappa shape index (κ3) is 0.942. The lowest BCUT2D eigenvalue weighted by atomic mass is 10.1. The fraction of sp³-hybridized carbons (Fsp3) is 0.444. The summed E-state index contributed by atoms with van der Waals surface area (Å²) in [6.07, 6.45) is 2.23. The summed E-state index contributed by atoms with van der Waals surface area (Å²) >= 11 is 0. The van der Waals surface area contributed by atoms with Crippen LogP contribution in [0.1, 0.15) is 36.6 Å². The molecule has 1 aromatic rings. The van der Waals surface area contributed by atoms with Crippen molar-refractivity contribution in [3.8, 4) is 0 Å². The van der Waals surface area contributed by atoms with Crippen LogP contribution in [0, 0.1) is 0 Å². The first-order valence-corrected chi connectivity index (χ1v) is 3.92. The molecule has 2 atom stereocenters. The number of aliphatic hydroxyl groups is 1. The van der Waals surface area contributed by atoms with E-state index < -0.39 is 0 Å². The maximum atomic E-state index is 9.49. The van der Waals surface area contributed by atoms with Crippen molar-refractivity contribution >= 4 is 0 Å². The number of nitrogens with zero attached hydrogens (tertiary/aromatic N) is 1. The standard InChI is InChI=1S/C9H11NO/c1-6-5-8(11)9-7(6)3-2-4-10-9/h2-4,6,8,11H,5H2,1H3. The van der Waals surface area contributed by atoms with E-state index in [1.165, 1.54) is 5.56 Å². The van der Waals surface area contributed by atoms with Crippen LogP contribution >= 0.6 is 0 Å². The zero-order valence-electron chi connectivity index (χ0n) is 6.49. The van der Waals surface area contributed by atoms with E-state index in [1.807, 2.05) is 12.1 Å². The van der Waals surface area contributed by atoms with E-state index in [0.717, 1.165) is 12.1 Å². The Hall–Kier alpha value is -0.890. The van der Waals surface area contributed by atoms with Crippen LogP contribution in [-0.2, 0) is 0 Å². The van der Waals surface area contributed by atoms with Crippen LogP contribution in [0.2, 0.25) is 0 Å². The molecule has 0 amide bonds. The van der Waals surface area contributed by atoms with Crippen LogP contribution in [0.4, 0.5) is 0 Å². The number of hydrogen-bond acceptors (Lipinski definition) is 2. The van der Waals surface area contributed by atoms with Crippen molar-refractivity contribution in [2.24, 2.45) is 0 Å². The number of hydrogen-bond donors (Lipinski definition) is 1. The quantitative estimate of drug-likeness (QED) is 0.608. The fourth-order valence-corrected chi connectivity index (χ4v) is 1.70. The Morgan fingerprint density at radius 2 is 2.45 bits per heavy atom. The van der Waals surface area contributed by atoms with Gasteiger partial charge in [-0.15, -0.1) is 0 Å². The first-order valence-electron chi connectivity index (χ1n) is 3.92. The molecule has 0 saturated carbocycles. The van der Waals surface area contributed by atoms with Crippen molar-refractivity contribution in [1.82, 2.24) is 4.98 Å². The van der Waals surface area contributed by atoms with Gasteiger partial charge in [0, 0.05) is 6.20 Å². The minimum Gasteiger partial charge on any atom is -0.387 e. The van der Waals surface area contributed by atoms with E-state index in [9.17, 15) is 5.11 Å². The lowest BCUT2D eigenvalue weighted by molar-refractivity contribution is 0.170. The predicted molar refractivity (Wildman–Crippen MR) is 42.2 cm³/mol. The molecule has 11 heavy (non-hydrogen) atoms. The molecule has 1 aliphatic rings. The highest BCUT2D eigenvalue weighted by atomic mass is 16.3. The molecule has 0 spiro atoms. The van der Waals surface area contributed by atoms with Crippen LogP contribution < -0.4 is 0 Å². The van der Waals surface area contributed by atoms with Crippen molar-refractivity contribution in [2.75, 3.05) is 0 Å². The van der Waals surface area contributed by atoms with E-state index >= 15 is 0 Å². The van der Waals surface area contributed by atoms with Gasteiger partial charge in [0.1, 0.15) is 0 Å². The topological polar surface area (TPSA) is 33.1 Å². The first kappa shape index (κ1) is 6.80. The smallest absolute Gasteiger partial charge is 0.0968 e. The van der Waals surface area contributed by atoms with E-state index in [1.54, 1.807) is 6.20 Å². The summed E-state index contributed by atoms with van der Waals surface area (Å²) in [6.45, 7) is 2.12. The van der Waals surface area contributed by atoms with Crippen molar-refractivity contribution < 1.29 is 5.11 Å². The zero-order chi connectivity index (χ0) is 7.84. The molecule has 1 heterocycles. The maximum Gasteiger partial charge on any atom is 0.0968 e. The van der Waals surface area contributed by atoms with Gasteiger partial charge in [0.05, 0.1) is 11.8 Å². The third-order valence-corrected chi connectivity index (χ3v) is 2.29. The average molecular weight is 149 g/mol. The van der Waals surface area contributed by atoms with Gasteiger partial charge in [-0.3, -0.25) is 4.98 Å². The Kier molecular flexibility index (Phi) is 1.43. The highest BCUT2D eigenvalue weighted by Crippen LogP contribution is 2.37. The summed E-state index contributed by atoms with van der Waals surface area (Å²) < 4.78 is 0. The average Bonchev–Trinajstić information content (AvgIpc) is 2.30. The lowest BCUT2D eigenvalue weighted by Gasteiger charge is -2.00. The number of fused-ring (bicyclic) bond motifs is 1. The van der Waals surface area contributed by atoms with Gasteiger partial charge in [-0.05, 0) is 24.0 Å². The molecule has 2 heteroatoms. The molecule has 2 nitrogen and oxygen atoms in total. The Bertz CT molecular complexity index is 245. The van der Waals surface area contributed by atoms with Gasteiger partial charge in [0.15, 0.2) is 0 Å². The van der Waals surface area contributed by atoms with E-state index in [-0.39, 0.29) is 6.10 Å². The molecule has 0 aromatic carbocycles. The monoisotopic (exact) mass is 149 g/mol. The van der Waals surface area contributed by atoms with Crippen molar-refractivity contribution in [2.45, 2.75) is 25.4 Å². The number of pyridine rings is 1. The van der Waals surface area contributed by atoms with Gasteiger partial charge in [-0.2, -0.15) is 0 Å². The molecule has 1 aliphatic carbocycles. The molecular formula is C9H11NO. The van der Waals surface area contributed by atoms with Gasteiger partial charge in [-0.1, -0.05) is 13.0 Å².